The molecule has 3 N–H and O–H groups in total. The van der Waals surface area contributed by atoms with Crippen LogP contribution in [-0.4, -0.2) is 19.7 Å². The molecule has 5 nitrogen and oxygen atoms in total. The molecule has 5 heteroatoms. The number of hydrogen-bond donors (Lipinski definition) is 2. The summed E-state index contributed by atoms with van der Waals surface area (Å²) >= 11 is 0. The second kappa shape index (κ2) is 4.20. The Morgan fingerprint density at radius 2 is 2.11 bits per heavy atom. The monoisotopic (exact) mass is 255 g/mol. The summed E-state index contributed by atoms with van der Waals surface area (Å²) in [5.41, 5.74) is 12.1. The van der Waals surface area contributed by atoms with Gasteiger partial charge in [0.2, 0.25) is 0 Å². The minimum atomic E-state index is 0.463. The number of nitrogens with zero attached hydrogens (tertiary/aromatic N) is 3. The molecule has 1 aromatic carbocycles. The minimum absolute atomic E-state index is 0.463. The van der Waals surface area contributed by atoms with Crippen LogP contribution in [0.1, 0.15) is 17.1 Å². The van der Waals surface area contributed by atoms with Crippen molar-refractivity contribution < 1.29 is 0 Å². The number of aromatic amines is 1. The van der Waals surface area contributed by atoms with Crippen molar-refractivity contribution in [1.29, 1.82) is 0 Å². The number of imidazole rings is 1. The molecule has 0 fully saturated rings. The molecule has 0 aliphatic heterocycles. The van der Waals surface area contributed by atoms with Crippen molar-refractivity contribution in [2.24, 2.45) is 12.8 Å². The van der Waals surface area contributed by atoms with Gasteiger partial charge in [0, 0.05) is 19.2 Å². The molecule has 0 saturated carbocycles. The van der Waals surface area contributed by atoms with Crippen molar-refractivity contribution in [1.82, 2.24) is 19.7 Å². The Labute approximate surface area is 111 Å². The van der Waals surface area contributed by atoms with Crippen molar-refractivity contribution in [2.45, 2.75) is 20.4 Å². The van der Waals surface area contributed by atoms with E-state index < -0.39 is 0 Å². The second-order valence-electron chi connectivity index (χ2n) is 4.80. The standard InChI is InChI=1S/C14H17N5/c1-8-13(7-15)18-19(3)14(8)10-4-5-11-12(6-10)17-9(2)16-11/h4-6H,7,15H2,1-3H3,(H,16,17). The van der Waals surface area contributed by atoms with Crippen molar-refractivity contribution in [3.8, 4) is 11.3 Å². The van der Waals surface area contributed by atoms with Crippen LogP contribution in [0.25, 0.3) is 22.3 Å². The number of H-pyrrole nitrogens is 1. The van der Waals surface area contributed by atoms with Crippen LogP contribution in [-0.2, 0) is 13.6 Å². The van der Waals surface area contributed by atoms with E-state index in [1.54, 1.807) is 0 Å². The Balaban J connectivity index is 2.21. The van der Waals surface area contributed by atoms with Crippen molar-refractivity contribution >= 4 is 11.0 Å². The first-order valence-corrected chi connectivity index (χ1v) is 6.29. The number of aromatic nitrogens is 4. The van der Waals surface area contributed by atoms with Gasteiger partial charge in [0.05, 0.1) is 22.4 Å². The summed E-state index contributed by atoms with van der Waals surface area (Å²) in [5, 5.41) is 4.46. The SMILES string of the molecule is Cc1nc2ccc(-c3c(C)c(CN)nn3C)cc2[nH]1. The van der Waals surface area contributed by atoms with Crippen molar-refractivity contribution in [3.63, 3.8) is 0 Å². The average Bonchev–Trinajstić information content (AvgIpc) is 2.87. The van der Waals surface area contributed by atoms with Gasteiger partial charge in [-0.05, 0) is 31.5 Å². The van der Waals surface area contributed by atoms with Crippen molar-refractivity contribution in [3.05, 3.63) is 35.3 Å². The molecule has 0 radical (unpaired) electrons. The average molecular weight is 255 g/mol. The van der Waals surface area contributed by atoms with E-state index in [-0.39, 0.29) is 0 Å². The molecule has 3 rings (SSSR count). The first-order chi connectivity index (χ1) is 9.10. The fourth-order valence-electron chi connectivity index (χ4n) is 2.57. The molecule has 0 amide bonds. The summed E-state index contributed by atoms with van der Waals surface area (Å²) in [7, 11) is 1.95. The number of fused-ring (bicyclic) bond motifs is 1. The van der Waals surface area contributed by atoms with Gasteiger partial charge in [0.25, 0.3) is 0 Å². The number of aryl methyl sites for hydroxylation is 2. The maximum atomic E-state index is 5.71. The van der Waals surface area contributed by atoms with E-state index >= 15 is 0 Å². The van der Waals surface area contributed by atoms with Gasteiger partial charge in [-0.2, -0.15) is 5.10 Å². The molecule has 19 heavy (non-hydrogen) atoms. The van der Waals surface area contributed by atoms with Crippen LogP contribution in [0, 0.1) is 13.8 Å². The van der Waals surface area contributed by atoms with Crippen LogP contribution in [0.3, 0.4) is 0 Å². The summed E-state index contributed by atoms with van der Waals surface area (Å²) in [6, 6.07) is 6.22. The van der Waals surface area contributed by atoms with E-state index in [9.17, 15) is 0 Å². The number of nitrogens with two attached hydrogens (primary N) is 1. The van der Waals surface area contributed by atoms with Crippen LogP contribution in [0.2, 0.25) is 0 Å². The zero-order valence-electron chi connectivity index (χ0n) is 11.4. The molecule has 0 aliphatic carbocycles. The normalized spacial score (nSPS) is 11.4. The first-order valence-electron chi connectivity index (χ1n) is 6.29. The van der Waals surface area contributed by atoms with Crippen LogP contribution in [0.5, 0.6) is 0 Å². The molecular formula is C14H17N5. The summed E-state index contributed by atoms with van der Waals surface area (Å²) in [5.74, 6) is 0.927. The van der Waals surface area contributed by atoms with Gasteiger partial charge in [-0.15, -0.1) is 0 Å². The third-order valence-corrected chi connectivity index (χ3v) is 3.45. The molecule has 0 bridgehead atoms. The highest BCUT2D eigenvalue weighted by Crippen LogP contribution is 2.27. The predicted octanol–water partition coefficient (Wildman–Crippen LogP) is 2.04. The zero-order chi connectivity index (χ0) is 13.6. The molecular weight excluding hydrogens is 238 g/mol. The van der Waals surface area contributed by atoms with Gasteiger partial charge in [-0.1, -0.05) is 6.07 Å². The zero-order valence-corrected chi connectivity index (χ0v) is 11.4. The molecule has 2 heterocycles. The molecule has 0 saturated heterocycles. The Kier molecular flexibility index (Phi) is 2.64. The fraction of sp³-hybridized carbons (Fsp3) is 0.286. The summed E-state index contributed by atoms with van der Waals surface area (Å²) in [4.78, 5) is 7.68. The van der Waals surface area contributed by atoms with Gasteiger partial charge >= 0.3 is 0 Å². The lowest BCUT2D eigenvalue weighted by Gasteiger charge is -2.04. The molecule has 0 spiro atoms. The Morgan fingerprint density at radius 3 is 2.79 bits per heavy atom. The number of benzene rings is 1. The Hall–Kier alpha value is -2.14. The quantitative estimate of drug-likeness (QED) is 0.736. The van der Waals surface area contributed by atoms with Crippen molar-refractivity contribution in [2.75, 3.05) is 0 Å². The van der Waals surface area contributed by atoms with Crippen LogP contribution in [0.15, 0.2) is 18.2 Å². The molecule has 3 aromatic rings. The lowest BCUT2D eigenvalue weighted by Crippen LogP contribution is -1.99. The highest BCUT2D eigenvalue weighted by molar-refractivity contribution is 5.82. The Bertz CT molecular complexity index is 751. The van der Waals surface area contributed by atoms with Gasteiger partial charge in [-0.3, -0.25) is 4.68 Å². The topological polar surface area (TPSA) is 72.5 Å². The third kappa shape index (κ3) is 1.82. The van der Waals surface area contributed by atoms with E-state index in [0.717, 1.165) is 39.4 Å². The van der Waals surface area contributed by atoms with E-state index in [2.05, 4.69) is 34.1 Å². The molecule has 0 atom stereocenters. The van der Waals surface area contributed by atoms with E-state index in [4.69, 9.17) is 5.73 Å². The lowest BCUT2D eigenvalue weighted by atomic mass is 10.1. The highest BCUT2D eigenvalue weighted by atomic mass is 15.3. The minimum Gasteiger partial charge on any atom is -0.342 e. The van der Waals surface area contributed by atoms with Crippen LogP contribution >= 0.6 is 0 Å². The molecule has 98 valence electrons. The third-order valence-electron chi connectivity index (χ3n) is 3.45. The first kappa shape index (κ1) is 11.9. The van der Waals surface area contributed by atoms with Gasteiger partial charge < -0.3 is 10.7 Å². The van der Waals surface area contributed by atoms with E-state index in [0.29, 0.717) is 6.54 Å². The van der Waals surface area contributed by atoms with E-state index in [1.165, 1.54) is 0 Å². The number of rotatable bonds is 2. The van der Waals surface area contributed by atoms with E-state index in [1.807, 2.05) is 24.7 Å². The van der Waals surface area contributed by atoms with Gasteiger partial charge in [0.1, 0.15) is 5.82 Å². The maximum absolute atomic E-state index is 5.71. The van der Waals surface area contributed by atoms with Gasteiger partial charge in [-0.25, -0.2) is 4.98 Å². The maximum Gasteiger partial charge on any atom is 0.104 e. The predicted molar refractivity (Wildman–Crippen MR) is 75.7 cm³/mol. The van der Waals surface area contributed by atoms with Crippen LogP contribution < -0.4 is 5.73 Å². The summed E-state index contributed by atoms with van der Waals surface area (Å²) in [6.45, 7) is 4.49. The number of nitrogens with one attached hydrogen (secondary N) is 1. The Morgan fingerprint density at radius 1 is 1.32 bits per heavy atom. The molecule has 2 aromatic heterocycles. The largest absolute Gasteiger partial charge is 0.342 e. The molecule has 0 aliphatic rings. The highest BCUT2D eigenvalue weighted by Gasteiger charge is 2.13. The summed E-state index contributed by atoms with van der Waals surface area (Å²) < 4.78 is 1.89. The molecule has 0 unspecified atom stereocenters. The smallest absolute Gasteiger partial charge is 0.104 e. The van der Waals surface area contributed by atoms with Crippen LogP contribution in [0.4, 0.5) is 0 Å². The summed E-state index contributed by atoms with van der Waals surface area (Å²) in [6.07, 6.45) is 0. The lowest BCUT2D eigenvalue weighted by molar-refractivity contribution is 0.749. The fourth-order valence-corrected chi connectivity index (χ4v) is 2.57. The number of hydrogen-bond acceptors (Lipinski definition) is 3. The van der Waals surface area contributed by atoms with Gasteiger partial charge in [0.15, 0.2) is 0 Å². The second-order valence-corrected chi connectivity index (χ2v) is 4.80.